The number of hydrogen-bond acceptors (Lipinski definition) is 1. The first-order valence-electron chi connectivity index (χ1n) is 10.5. The van der Waals surface area contributed by atoms with Gasteiger partial charge in [-0.15, -0.1) is 0 Å². The van der Waals surface area contributed by atoms with Crippen LogP contribution in [-0.4, -0.2) is 4.98 Å². The van der Waals surface area contributed by atoms with E-state index in [4.69, 9.17) is 4.98 Å². The number of rotatable bonds is 5. The maximum atomic E-state index is 4.69. The number of aromatic nitrogens is 1. The van der Waals surface area contributed by atoms with Gasteiger partial charge < -0.3 is 0 Å². The number of quaternary nitrogens is 1. The standard InChI is InChI=1S/C29H23N2/c1-5-13-24(14-6-1)29-23-28(21-22-30-29)31(25-15-7-2-8-16-25,26-17-9-3-10-18-26)27-19-11-4-12-20-27/h1-23H/q+1. The van der Waals surface area contributed by atoms with Gasteiger partial charge in [-0.25, -0.2) is 0 Å². The first-order valence-corrected chi connectivity index (χ1v) is 10.5. The third kappa shape index (κ3) is 3.43. The lowest BCUT2D eigenvalue weighted by Gasteiger charge is -2.37. The van der Waals surface area contributed by atoms with E-state index in [0.717, 1.165) is 16.9 Å². The predicted molar refractivity (Wildman–Crippen MR) is 130 cm³/mol. The summed E-state index contributed by atoms with van der Waals surface area (Å²) in [6.45, 7) is 0. The monoisotopic (exact) mass is 399 g/mol. The summed E-state index contributed by atoms with van der Waals surface area (Å²) in [5.41, 5.74) is 6.72. The van der Waals surface area contributed by atoms with E-state index in [1.54, 1.807) is 0 Å². The van der Waals surface area contributed by atoms with Crippen molar-refractivity contribution in [3.05, 3.63) is 140 Å². The van der Waals surface area contributed by atoms with Crippen LogP contribution in [0.1, 0.15) is 0 Å². The molecule has 0 bridgehead atoms. The quantitative estimate of drug-likeness (QED) is 0.272. The van der Waals surface area contributed by atoms with Crippen molar-refractivity contribution in [2.45, 2.75) is 0 Å². The number of nitrogens with zero attached hydrogens (tertiary/aromatic N) is 2. The molecule has 0 saturated heterocycles. The van der Waals surface area contributed by atoms with Gasteiger partial charge in [0.05, 0.1) is 5.69 Å². The average molecular weight is 400 g/mol. The summed E-state index contributed by atoms with van der Waals surface area (Å²) >= 11 is 0. The molecular formula is C29H23N2+. The summed E-state index contributed by atoms with van der Waals surface area (Å²) in [4.78, 5) is 4.69. The average Bonchev–Trinajstić information content (AvgIpc) is 2.87. The highest BCUT2D eigenvalue weighted by atomic mass is 15.4. The Bertz CT molecular complexity index is 1150. The predicted octanol–water partition coefficient (Wildman–Crippen LogP) is 8.05. The molecule has 0 aliphatic carbocycles. The molecular weight excluding hydrogens is 376 g/mol. The number of para-hydroxylation sites is 3. The summed E-state index contributed by atoms with van der Waals surface area (Å²) in [6.07, 6.45) is 1.92. The Morgan fingerprint density at radius 3 is 1.29 bits per heavy atom. The van der Waals surface area contributed by atoms with Crippen LogP contribution in [0.5, 0.6) is 0 Å². The minimum atomic E-state index is 0.477. The first-order chi connectivity index (χ1) is 15.4. The minimum absolute atomic E-state index is 0.477. The summed E-state index contributed by atoms with van der Waals surface area (Å²) < 4.78 is 0.477. The summed E-state index contributed by atoms with van der Waals surface area (Å²) in [5, 5.41) is 0. The lowest BCUT2D eigenvalue weighted by Crippen LogP contribution is -2.33. The zero-order chi connectivity index (χ0) is 20.9. The Labute approximate surface area is 183 Å². The number of benzene rings is 4. The fourth-order valence-corrected chi connectivity index (χ4v) is 4.24. The fourth-order valence-electron chi connectivity index (χ4n) is 4.24. The summed E-state index contributed by atoms with van der Waals surface area (Å²) in [6, 6.07) is 46.7. The van der Waals surface area contributed by atoms with E-state index in [-0.39, 0.29) is 0 Å². The van der Waals surface area contributed by atoms with E-state index >= 15 is 0 Å². The number of pyridine rings is 1. The summed E-state index contributed by atoms with van der Waals surface area (Å²) in [7, 11) is 0. The van der Waals surface area contributed by atoms with Crippen molar-refractivity contribution < 1.29 is 0 Å². The van der Waals surface area contributed by atoms with E-state index in [2.05, 4.69) is 127 Å². The topological polar surface area (TPSA) is 12.9 Å². The lowest BCUT2D eigenvalue weighted by atomic mass is 10.0. The summed E-state index contributed by atoms with van der Waals surface area (Å²) in [5.74, 6) is 0. The largest absolute Gasteiger partial charge is 0.256 e. The molecule has 0 unspecified atom stereocenters. The van der Waals surface area contributed by atoms with Gasteiger partial charge in [0.1, 0.15) is 17.1 Å². The molecule has 0 saturated carbocycles. The second-order valence-corrected chi connectivity index (χ2v) is 7.44. The van der Waals surface area contributed by atoms with E-state index in [1.165, 1.54) is 17.1 Å². The van der Waals surface area contributed by atoms with Gasteiger partial charge in [0.15, 0.2) is 5.69 Å². The Morgan fingerprint density at radius 1 is 0.419 bits per heavy atom. The molecule has 0 fully saturated rings. The van der Waals surface area contributed by atoms with Crippen LogP contribution in [0.15, 0.2) is 140 Å². The Balaban J connectivity index is 1.85. The van der Waals surface area contributed by atoms with E-state index in [0.29, 0.717) is 4.48 Å². The van der Waals surface area contributed by atoms with Crippen molar-refractivity contribution in [1.82, 2.24) is 9.47 Å². The van der Waals surface area contributed by atoms with Crippen molar-refractivity contribution in [2.24, 2.45) is 0 Å². The molecule has 0 spiro atoms. The molecule has 5 rings (SSSR count). The van der Waals surface area contributed by atoms with Crippen molar-refractivity contribution in [3.63, 3.8) is 0 Å². The molecule has 5 aromatic rings. The maximum absolute atomic E-state index is 4.69. The van der Waals surface area contributed by atoms with Crippen LogP contribution in [0.3, 0.4) is 0 Å². The molecule has 1 aromatic heterocycles. The molecule has 2 nitrogen and oxygen atoms in total. The van der Waals surface area contributed by atoms with Crippen LogP contribution in [0.2, 0.25) is 0 Å². The molecule has 2 heteroatoms. The van der Waals surface area contributed by atoms with Crippen LogP contribution in [0.4, 0.5) is 22.7 Å². The normalized spacial score (nSPS) is 11.2. The van der Waals surface area contributed by atoms with Gasteiger partial charge >= 0.3 is 0 Å². The van der Waals surface area contributed by atoms with Gasteiger partial charge in [0.2, 0.25) is 0 Å². The first kappa shape index (κ1) is 19.0. The Morgan fingerprint density at radius 2 is 0.839 bits per heavy atom. The van der Waals surface area contributed by atoms with Crippen molar-refractivity contribution in [3.8, 4) is 11.3 Å². The molecule has 0 N–H and O–H groups in total. The molecule has 148 valence electrons. The minimum Gasteiger partial charge on any atom is -0.256 e. The molecule has 0 amide bonds. The van der Waals surface area contributed by atoms with Crippen molar-refractivity contribution >= 4 is 22.7 Å². The zero-order valence-corrected chi connectivity index (χ0v) is 17.2. The van der Waals surface area contributed by atoms with Crippen LogP contribution in [-0.2, 0) is 0 Å². The van der Waals surface area contributed by atoms with Crippen LogP contribution < -0.4 is 4.48 Å². The third-order valence-electron chi connectivity index (χ3n) is 5.63. The second-order valence-electron chi connectivity index (χ2n) is 7.44. The zero-order valence-electron chi connectivity index (χ0n) is 17.2. The van der Waals surface area contributed by atoms with Crippen LogP contribution in [0, 0.1) is 0 Å². The third-order valence-corrected chi connectivity index (χ3v) is 5.63. The smallest absolute Gasteiger partial charge is 0.151 e. The highest BCUT2D eigenvalue weighted by molar-refractivity contribution is 5.82. The van der Waals surface area contributed by atoms with Gasteiger partial charge in [-0.1, -0.05) is 84.9 Å². The van der Waals surface area contributed by atoms with Gasteiger partial charge in [0.25, 0.3) is 0 Å². The van der Waals surface area contributed by atoms with Gasteiger partial charge in [-0.3, -0.25) is 4.98 Å². The van der Waals surface area contributed by atoms with Crippen molar-refractivity contribution in [2.75, 3.05) is 0 Å². The van der Waals surface area contributed by atoms with Crippen molar-refractivity contribution in [1.29, 1.82) is 0 Å². The highest BCUT2D eigenvalue weighted by Gasteiger charge is 2.39. The molecule has 4 aromatic carbocycles. The van der Waals surface area contributed by atoms with E-state index in [1.807, 2.05) is 12.3 Å². The fraction of sp³-hybridized carbons (Fsp3) is 0. The molecule has 0 atom stereocenters. The maximum Gasteiger partial charge on any atom is 0.151 e. The van der Waals surface area contributed by atoms with Gasteiger partial charge in [-0.2, -0.15) is 4.48 Å². The molecule has 1 heterocycles. The Hall–Kier alpha value is -4.01. The lowest BCUT2D eigenvalue weighted by molar-refractivity contribution is 0.703. The second kappa shape index (κ2) is 8.39. The number of hydrogen-bond donors (Lipinski definition) is 0. The SMILES string of the molecule is c1ccc(-c2cc([N+](c3ccccc3)(c3ccccc3)c3ccccc3)ccn2)cc1. The van der Waals surface area contributed by atoms with Gasteiger partial charge in [-0.05, 0) is 0 Å². The molecule has 0 aliphatic rings. The van der Waals surface area contributed by atoms with Gasteiger partial charge in [0, 0.05) is 60.3 Å². The molecule has 31 heavy (non-hydrogen) atoms. The highest BCUT2D eigenvalue weighted by Crippen LogP contribution is 2.51. The van der Waals surface area contributed by atoms with E-state index < -0.39 is 0 Å². The van der Waals surface area contributed by atoms with Crippen LogP contribution in [0.25, 0.3) is 11.3 Å². The Kier molecular flexibility index (Phi) is 5.14. The van der Waals surface area contributed by atoms with Crippen LogP contribution >= 0.6 is 0 Å². The van der Waals surface area contributed by atoms with E-state index in [9.17, 15) is 0 Å². The molecule has 0 radical (unpaired) electrons. The molecule has 0 aliphatic heterocycles.